The summed E-state index contributed by atoms with van der Waals surface area (Å²) in [6, 6.07) is 2.36. The molecule has 1 aromatic rings. The maximum absolute atomic E-state index is 8.91. The first-order valence-corrected chi connectivity index (χ1v) is 6.37. The smallest absolute Gasteiger partial charge is 0.188 e. The van der Waals surface area contributed by atoms with E-state index in [1.165, 1.54) is 0 Å². The van der Waals surface area contributed by atoms with Gasteiger partial charge in [-0.1, -0.05) is 6.92 Å². The zero-order valence-electron chi connectivity index (χ0n) is 11.4. The minimum absolute atomic E-state index is 0.249. The van der Waals surface area contributed by atoms with Crippen LogP contribution in [0.1, 0.15) is 37.9 Å². The molecule has 0 radical (unpaired) electrons. The molecule has 0 aromatic carbocycles. The van der Waals surface area contributed by atoms with Gasteiger partial charge in [-0.05, 0) is 26.2 Å². The lowest BCUT2D eigenvalue weighted by Crippen LogP contribution is -2.38. The number of anilines is 1. The maximum atomic E-state index is 8.91. The van der Waals surface area contributed by atoms with E-state index in [9.17, 15) is 0 Å². The maximum Gasteiger partial charge on any atom is 0.188 e. The summed E-state index contributed by atoms with van der Waals surface area (Å²) in [4.78, 5) is 4.22. The van der Waals surface area contributed by atoms with E-state index in [1.807, 2.05) is 6.07 Å². The van der Waals surface area contributed by atoms with Crippen molar-refractivity contribution in [1.82, 2.24) is 15.5 Å². The van der Waals surface area contributed by atoms with Crippen LogP contribution in [0.3, 0.4) is 0 Å². The van der Waals surface area contributed by atoms with E-state index < -0.39 is 0 Å². The Morgan fingerprint density at radius 2 is 2.37 bits per heavy atom. The molecule has 7 nitrogen and oxygen atoms in total. The second-order valence-corrected chi connectivity index (χ2v) is 4.40. The van der Waals surface area contributed by atoms with E-state index in [0.717, 1.165) is 18.5 Å². The van der Waals surface area contributed by atoms with E-state index in [4.69, 9.17) is 16.7 Å². The number of guanidine groups is 1. The summed E-state index contributed by atoms with van der Waals surface area (Å²) in [6.45, 7) is 4.73. The number of H-pyrrole nitrogens is 1. The van der Waals surface area contributed by atoms with Crippen molar-refractivity contribution in [2.24, 2.45) is 10.7 Å². The molecule has 1 aromatic heterocycles. The fraction of sp³-hybridized carbons (Fsp3) is 0.583. The first kappa shape index (κ1) is 14.8. The molecule has 0 aliphatic carbocycles. The average molecular weight is 263 g/mol. The fourth-order valence-electron chi connectivity index (χ4n) is 1.56. The average Bonchev–Trinajstić information content (AvgIpc) is 2.75. The SMILES string of the molecule is CCC(C)NC(N)=NCCCc1[nH]nc(N)c1C#N. The van der Waals surface area contributed by atoms with Crippen LogP contribution >= 0.6 is 0 Å². The van der Waals surface area contributed by atoms with E-state index >= 15 is 0 Å². The number of nitriles is 1. The Balaban J connectivity index is 2.38. The lowest BCUT2D eigenvalue weighted by molar-refractivity contribution is 0.635. The first-order chi connectivity index (χ1) is 9.08. The van der Waals surface area contributed by atoms with Gasteiger partial charge in [0.2, 0.25) is 0 Å². The van der Waals surface area contributed by atoms with E-state index in [0.29, 0.717) is 30.5 Å². The van der Waals surface area contributed by atoms with Crippen LogP contribution in [0.25, 0.3) is 0 Å². The topological polar surface area (TPSA) is 129 Å². The summed E-state index contributed by atoms with van der Waals surface area (Å²) >= 11 is 0. The van der Waals surface area contributed by atoms with Gasteiger partial charge in [0.1, 0.15) is 11.6 Å². The quantitative estimate of drug-likeness (QED) is 0.337. The van der Waals surface area contributed by atoms with E-state index in [2.05, 4.69) is 34.4 Å². The Kier molecular flexibility index (Phi) is 5.67. The highest BCUT2D eigenvalue weighted by Crippen LogP contribution is 2.13. The minimum Gasteiger partial charge on any atom is -0.381 e. The van der Waals surface area contributed by atoms with Gasteiger partial charge in [0.05, 0.1) is 5.69 Å². The summed E-state index contributed by atoms with van der Waals surface area (Å²) in [7, 11) is 0. The molecule has 0 fully saturated rings. The number of nitrogens with one attached hydrogen (secondary N) is 2. The fourth-order valence-corrected chi connectivity index (χ4v) is 1.56. The molecule has 104 valence electrons. The molecule has 1 rings (SSSR count). The Labute approximate surface area is 113 Å². The number of rotatable bonds is 6. The number of nitrogens with zero attached hydrogens (tertiary/aromatic N) is 3. The van der Waals surface area contributed by atoms with Gasteiger partial charge in [-0.15, -0.1) is 0 Å². The second kappa shape index (κ2) is 7.26. The van der Waals surface area contributed by atoms with Crippen LogP contribution in [-0.4, -0.2) is 28.7 Å². The predicted octanol–water partition coefficient (Wildman–Crippen LogP) is 0.499. The second-order valence-electron chi connectivity index (χ2n) is 4.40. The Hall–Kier alpha value is -2.23. The number of nitrogen functional groups attached to an aromatic ring is 1. The van der Waals surface area contributed by atoms with Crippen molar-refractivity contribution in [3.05, 3.63) is 11.3 Å². The number of aromatic nitrogens is 2. The molecule has 1 heterocycles. The Bertz CT molecular complexity index is 469. The monoisotopic (exact) mass is 263 g/mol. The largest absolute Gasteiger partial charge is 0.381 e. The van der Waals surface area contributed by atoms with Crippen LogP contribution in [0.4, 0.5) is 5.82 Å². The minimum atomic E-state index is 0.249. The van der Waals surface area contributed by atoms with Crippen molar-refractivity contribution in [3.8, 4) is 6.07 Å². The molecule has 0 amide bonds. The van der Waals surface area contributed by atoms with Gasteiger partial charge in [0.25, 0.3) is 0 Å². The van der Waals surface area contributed by atoms with Crippen molar-refractivity contribution in [3.63, 3.8) is 0 Å². The summed E-state index contributed by atoms with van der Waals surface area (Å²) < 4.78 is 0. The van der Waals surface area contributed by atoms with E-state index in [1.54, 1.807) is 0 Å². The van der Waals surface area contributed by atoms with Gasteiger partial charge in [-0.2, -0.15) is 10.4 Å². The lowest BCUT2D eigenvalue weighted by Gasteiger charge is -2.11. The highest BCUT2D eigenvalue weighted by Gasteiger charge is 2.09. The first-order valence-electron chi connectivity index (χ1n) is 6.37. The van der Waals surface area contributed by atoms with Gasteiger partial charge >= 0.3 is 0 Å². The van der Waals surface area contributed by atoms with Crippen molar-refractivity contribution >= 4 is 11.8 Å². The molecule has 6 N–H and O–H groups in total. The Morgan fingerprint density at radius 1 is 1.63 bits per heavy atom. The molecule has 0 saturated carbocycles. The van der Waals surface area contributed by atoms with Crippen LogP contribution < -0.4 is 16.8 Å². The number of hydrogen-bond acceptors (Lipinski definition) is 4. The van der Waals surface area contributed by atoms with Gasteiger partial charge in [-0.25, -0.2) is 0 Å². The van der Waals surface area contributed by atoms with Crippen molar-refractivity contribution in [1.29, 1.82) is 5.26 Å². The standard InChI is InChI=1S/C12H21N7/c1-3-8(2)17-12(15)16-6-4-5-10-9(7-13)11(14)19-18-10/h8H,3-6H2,1-2H3,(H3,14,18,19)(H3,15,16,17). The number of nitrogens with two attached hydrogens (primary N) is 2. The molecule has 0 aliphatic heterocycles. The number of hydrogen-bond donors (Lipinski definition) is 4. The van der Waals surface area contributed by atoms with Crippen LogP contribution in [0.15, 0.2) is 4.99 Å². The van der Waals surface area contributed by atoms with Crippen LogP contribution in [0, 0.1) is 11.3 Å². The number of aryl methyl sites for hydroxylation is 1. The van der Waals surface area contributed by atoms with Crippen LogP contribution in [0.5, 0.6) is 0 Å². The molecule has 0 spiro atoms. The molecule has 1 atom stereocenters. The van der Waals surface area contributed by atoms with Crippen molar-refractivity contribution < 1.29 is 0 Å². The van der Waals surface area contributed by atoms with Crippen LogP contribution in [0.2, 0.25) is 0 Å². The highest BCUT2D eigenvalue weighted by atomic mass is 15.2. The van der Waals surface area contributed by atoms with Crippen molar-refractivity contribution in [2.45, 2.75) is 39.2 Å². The van der Waals surface area contributed by atoms with Crippen molar-refractivity contribution in [2.75, 3.05) is 12.3 Å². The summed E-state index contributed by atoms with van der Waals surface area (Å²) in [6.07, 6.45) is 2.45. The molecule has 1 unspecified atom stereocenters. The number of aliphatic imine (C=N–C) groups is 1. The predicted molar refractivity (Wildman–Crippen MR) is 75.4 cm³/mol. The molecule has 0 bridgehead atoms. The molecular weight excluding hydrogens is 242 g/mol. The zero-order chi connectivity index (χ0) is 14.3. The van der Waals surface area contributed by atoms with Gasteiger partial charge in [-0.3, -0.25) is 10.1 Å². The third-order valence-corrected chi connectivity index (χ3v) is 2.85. The molecule has 0 aliphatic rings. The Morgan fingerprint density at radius 3 is 3.00 bits per heavy atom. The normalized spacial score (nSPS) is 13.0. The third-order valence-electron chi connectivity index (χ3n) is 2.85. The van der Waals surface area contributed by atoms with Gasteiger partial charge in [0, 0.05) is 12.6 Å². The third kappa shape index (κ3) is 4.50. The number of aromatic amines is 1. The van der Waals surface area contributed by atoms with Crippen LogP contribution in [-0.2, 0) is 6.42 Å². The summed E-state index contributed by atoms with van der Waals surface area (Å²) in [5.74, 6) is 0.706. The molecule has 19 heavy (non-hydrogen) atoms. The molecule has 7 heteroatoms. The zero-order valence-corrected chi connectivity index (χ0v) is 11.4. The van der Waals surface area contributed by atoms with Gasteiger partial charge in [0.15, 0.2) is 11.8 Å². The highest BCUT2D eigenvalue weighted by molar-refractivity contribution is 5.78. The van der Waals surface area contributed by atoms with E-state index in [-0.39, 0.29) is 5.82 Å². The molecule has 0 saturated heterocycles. The summed E-state index contributed by atoms with van der Waals surface area (Å²) in [5.41, 5.74) is 12.5. The van der Waals surface area contributed by atoms with Gasteiger partial charge < -0.3 is 16.8 Å². The molecular formula is C12H21N7. The summed E-state index contributed by atoms with van der Waals surface area (Å²) in [5, 5.41) is 18.6. The lowest BCUT2D eigenvalue weighted by atomic mass is 10.1.